The van der Waals surface area contributed by atoms with Crippen LogP contribution in [0.2, 0.25) is 5.02 Å². The minimum absolute atomic E-state index is 0.123. The van der Waals surface area contributed by atoms with Gasteiger partial charge in [-0.3, -0.25) is 0 Å². The van der Waals surface area contributed by atoms with Crippen LogP contribution in [0.1, 0.15) is 6.92 Å². The predicted molar refractivity (Wildman–Crippen MR) is 50.5 cm³/mol. The zero-order valence-electron chi connectivity index (χ0n) is 7.56. The summed E-state index contributed by atoms with van der Waals surface area (Å²) in [5.74, 6) is -2.36. The van der Waals surface area contributed by atoms with E-state index in [2.05, 4.69) is 0 Å². The van der Waals surface area contributed by atoms with Crippen LogP contribution < -0.4 is 10.5 Å². The van der Waals surface area contributed by atoms with Crippen molar-refractivity contribution in [1.29, 1.82) is 0 Å². The smallest absolute Gasteiger partial charge is 0.202 e. The molecule has 0 aromatic heterocycles. The molecular weight excluding hydrogens is 212 g/mol. The first-order chi connectivity index (χ1) is 6.52. The Labute approximate surface area is 85.6 Å². The van der Waals surface area contributed by atoms with Crippen molar-refractivity contribution in [1.82, 2.24) is 0 Å². The lowest BCUT2D eigenvalue weighted by Gasteiger charge is -2.09. The van der Waals surface area contributed by atoms with Gasteiger partial charge in [0.05, 0.1) is 5.02 Å². The highest BCUT2D eigenvalue weighted by Crippen LogP contribution is 2.25. The molecule has 5 heteroatoms. The fourth-order valence-electron chi connectivity index (χ4n) is 0.841. The number of halogens is 3. The maximum atomic E-state index is 13.1. The van der Waals surface area contributed by atoms with Crippen LogP contribution in [0.15, 0.2) is 12.1 Å². The average molecular weight is 222 g/mol. The number of rotatable bonds is 3. The predicted octanol–water partition coefficient (Wildman–Crippen LogP) is 2.34. The molecule has 2 N–H and O–H groups in total. The topological polar surface area (TPSA) is 35.2 Å². The number of nitrogens with two attached hydrogens (primary N) is 1. The van der Waals surface area contributed by atoms with E-state index < -0.39 is 11.6 Å². The summed E-state index contributed by atoms with van der Waals surface area (Å²) >= 11 is 5.35. The Kier molecular flexibility index (Phi) is 3.66. The van der Waals surface area contributed by atoms with E-state index in [4.69, 9.17) is 22.1 Å². The van der Waals surface area contributed by atoms with Crippen molar-refractivity contribution in [2.75, 3.05) is 6.61 Å². The van der Waals surface area contributed by atoms with E-state index in [0.29, 0.717) is 0 Å². The summed E-state index contributed by atoms with van der Waals surface area (Å²) in [5.41, 5.74) is 5.39. The molecule has 1 unspecified atom stereocenters. The Balaban J connectivity index is 2.83. The van der Waals surface area contributed by atoms with Gasteiger partial charge in [-0.25, -0.2) is 4.39 Å². The second-order valence-corrected chi connectivity index (χ2v) is 3.37. The molecule has 78 valence electrons. The summed E-state index contributed by atoms with van der Waals surface area (Å²) in [5, 5.41) is -0.268. The van der Waals surface area contributed by atoms with Gasteiger partial charge >= 0.3 is 0 Å². The fraction of sp³-hybridized carbons (Fsp3) is 0.333. The lowest BCUT2D eigenvalue weighted by atomic mass is 10.3. The third-order valence-electron chi connectivity index (χ3n) is 1.50. The standard InChI is InChI=1S/C9H10ClF2NO/c1-5(13)4-14-7-3-2-6(10)8(11)9(7)12/h2-3,5H,4,13H2,1H3. The number of hydrogen-bond donors (Lipinski definition) is 1. The Morgan fingerprint density at radius 2 is 2.07 bits per heavy atom. The van der Waals surface area contributed by atoms with Gasteiger partial charge in [-0.2, -0.15) is 4.39 Å². The number of hydrogen-bond acceptors (Lipinski definition) is 2. The molecular formula is C9H10ClF2NO. The molecule has 14 heavy (non-hydrogen) atoms. The molecule has 1 atom stereocenters. The minimum atomic E-state index is -1.10. The SMILES string of the molecule is CC(N)COc1ccc(Cl)c(F)c1F. The van der Waals surface area contributed by atoms with E-state index in [1.165, 1.54) is 12.1 Å². The molecule has 0 aliphatic heterocycles. The maximum absolute atomic E-state index is 13.1. The van der Waals surface area contributed by atoms with Crippen molar-refractivity contribution in [3.63, 3.8) is 0 Å². The van der Waals surface area contributed by atoms with Crippen LogP contribution in [0.4, 0.5) is 8.78 Å². The van der Waals surface area contributed by atoms with Crippen LogP contribution in [-0.2, 0) is 0 Å². The zero-order chi connectivity index (χ0) is 10.7. The van der Waals surface area contributed by atoms with E-state index in [-0.39, 0.29) is 23.4 Å². The molecule has 0 fully saturated rings. The van der Waals surface area contributed by atoms with E-state index in [0.717, 1.165) is 0 Å². The van der Waals surface area contributed by atoms with Crippen molar-refractivity contribution in [2.45, 2.75) is 13.0 Å². The average Bonchev–Trinajstić information content (AvgIpc) is 2.13. The first kappa shape index (κ1) is 11.2. The van der Waals surface area contributed by atoms with Gasteiger partial charge in [-0.1, -0.05) is 11.6 Å². The number of benzene rings is 1. The van der Waals surface area contributed by atoms with E-state index in [9.17, 15) is 8.78 Å². The zero-order valence-corrected chi connectivity index (χ0v) is 8.31. The molecule has 1 rings (SSSR count). The lowest BCUT2D eigenvalue weighted by Crippen LogP contribution is -2.24. The lowest BCUT2D eigenvalue weighted by molar-refractivity contribution is 0.277. The van der Waals surface area contributed by atoms with Crippen molar-refractivity contribution < 1.29 is 13.5 Å². The summed E-state index contributed by atoms with van der Waals surface area (Å²) in [4.78, 5) is 0. The van der Waals surface area contributed by atoms with Gasteiger partial charge in [0.25, 0.3) is 0 Å². The summed E-state index contributed by atoms with van der Waals surface area (Å²) in [6.45, 7) is 1.82. The summed E-state index contributed by atoms with van der Waals surface area (Å²) in [7, 11) is 0. The van der Waals surface area contributed by atoms with Crippen LogP contribution in [0.3, 0.4) is 0 Å². The van der Waals surface area contributed by atoms with Crippen LogP contribution in [-0.4, -0.2) is 12.6 Å². The summed E-state index contributed by atoms with van der Waals surface area (Å²) in [6, 6.07) is 2.26. The van der Waals surface area contributed by atoms with Crippen LogP contribution in [0.25, 0.3) is 0 Å². The normalized spacial score (nSPS) is 12.6. The van der Waals surface area contributed by atoms with Gasteiger partial charge < -0.3 is 10.5 Å². The highest BCUT2D eigenvalue weighted by atomic mass is 35.5. The van der Waals surface area contributed by atoms with Crippen molar-refractivity contribution >= 4 is 11.6 Å². The maximum Gasteiger partial charge on any atom is 0.202 e. The molecule has 0 aliphatic rings. The largest absolute Gasteiger partial charge is 0.489 e. The highest BCUT2D eigenvalue weighted by molar-refractivity contribution is 6.30. The van der Waals surface area contributed by atoms with E-state index >= 15 is 0 Å². The van der Waals surface area contributed by atoms with Gasteiger partial charge in [-0.05, 0) is 19.1 Å². The second kappa shape index (κ2) is 4.57. The Hall–Kier alpha value is -0.870. The molecule has 0 bridgehead atoms. The molecule has 0 saturated carbocycles. The fourth-order valence-corrected chi connectivity index (χ4v) is 0.987. The molecule has 0 heterocycles. The van der Waals surface area contributed by atoms with Gasteiger partial charge in [-0.15, -0.1) is 0 Å². The summed E-state index contributed by atoms with van der Waals surface area (Å²) < 4.78 is 30.9. The molecule has 0 spiro atoms. The molecule has 0 saturated heterocycles. The molecule has 0 amide bonds. The minimum Gasteiger partial charge on any atom is -0.489 e. The second-order valence-electron chi connectivity index (χ2n) is 2.96. The third kappa shape index (κ3) is 2.56. The quantitative estimate of drug-likeness (QED) is 0.796. The number of ether oxygens (including phenoxy) is 1. The van der Waals surface area contributed by atoms with Crippen molar-refractivity contribution in [3.8, 4) is 5.75 Å². The first-order valence-electron chi connectivity index (χ1n) is 4.04. The Morgan fingerprint density at radius 3 is 2.64 bits per heavy atom. The van der Waals surface area contributed by atoms with Gasteiger partial charge in [0.15, 0.2) is 11.6 Å². The van der Waals surface area contributed by atoms with E-state index in [1.54, 1.807) is 6.92 Å². The molecule has 1 aromatic rings. The van der Waals surface area contributed by atoms with Crippen molar-refractivity contribution in [2.24, 2.45) is 5.73 Å². The van der Waals surface area contributed by atoms with Gasteiger partial charge in [0.1, 0.15) is 6.61 Å². The molecule has 0 aliphatic carbocycles. The van der Waals surface area contributed by atoms with Crippen molar-refractivity contribution in [3.05, 3.63) is 28.8 Å². The molecule has 2 nitrogen and oxygen atoms in total. The first-order valence-corrected chi connectivity index (χ1v) is 4.42. The van der Waals surface area contributed by atoms with Crippen LogP contribution in [0, 0.1) is 11.6 Å². The monoisotopic (exact) mass is 221 g/mol. The van der Waals surface area contributed by atoms with Crippen LogP contribution >= 0.6 is 11.6 Å². The van der Waals surface area contributed by atoms with E-state index in [1.807, 2.05) is 0 Å². The molecule has 0 radical (unpaired) electrons. The van der Waals surface area contributed by atoms with Gasteiger partial charge in [0, 0.05) is 6.04 Å². The molecule has 1 aromatic carbocycles. The van der Waals surface area contributed by atoms with Gasteiger partial charge in [0.2, 0.25) is 5.82 Å². The third-order valence-corrected chi connectivity index (χ3v) is 1.79. The Morgan fingerprint density at radius 1 is 1.43 bits per heavy atom. The van der Waals surface area contributed by atoms with Crippen LogP contribution in [0.5, 0.6) is 5.75 Å². The summed E-state index contributed by atoms with van der Waals surface area (Å²) in [6.07, 6.45) is 0. The highest BCUT2D eigenvalue weighted by Gasteiger charge is 2.13. The Bertz CT molecular complexity index is 331.